The molecule has 0 aliphatic carbocycles. The number of aliphatic hydroxyl groups excluding tert-OH is 1. The van der Waals surface area contributed by atoms with Crippen LogP contribution in [0.2, 0.25) is 0 Å². The minimum absolute atomic E-state index is 0.0249. The number of Topliss-reactive ketones (excluding diaryl/α,β-unsaturated/α-hetero) is 1. The largest absolute Gasteiger partial charge is 0.396 e. The van der Waals surface area contributed by atoms with Crippen LogP contribution in [-0.2, 0) is 0 Å². The number of aromatic nitrogens is 1. The van der Waals surface area contributed by atoms with Crippen LogP contribution in [0, 0.1) is 0 Å². The molecule has 0 spiro atoms. The molecule has 1 aromatic heterocycles. The summed E-state index contributed by atoms with van der Waals surface area (Å²) in [5.74, 6) is 0.0501. The normalized spacial score (nSPS) is 13.5. The number of ketones is 1. The van der Waals surface area contributed by atoms with Crippen LogP contribution in [-0.4, -0.2) is 28.2 Å². The topological polar surface area (TPSA) is 62.5 Å². The van der Waals surface area contributed by atoms with Gasteiger partial charge in [0.05, 0.1) is 11.4 Å². The molecule has 3 aromatic rings. The third-order valence-corrected chi connectivity index (χ3v) is 5.03. The molecule has 29 heavy (non-hydrogen) atoms. The van der Waals surface area contributed by atoms with E-state index in [2.05, 4.69) is 17.1 Å². The molecule has 1 N–H and O–H groups in total. The van der Waals surface area contributed by atoms with E-state index in [9.17, 15) is 4.79 Å². The van der Waals surface area contributed by atoms with Crippen molar-refractivity contribution in [3.05, 3.63) is 101 Å². The third-order valence-electron chi connectivity index (χ3n) is 5.03. The Hall–Kier alpha value is -3.37. The number of rotatable bonds is 7. The van der Waals surface area contributed by atoms with E-state index >= 15 is 0 Å². The molecule has 0 saturated heterocycles. The Morgan fingerprint density at radius 3 is 2.41 bits per heavy atom. The quantitative estimate of drug-likeness (QED) is 0.597. The first kappa shape index (κ1) is 19.0. The van der Waals surface area contributed by atoms with E-state index in [1.165, 1.54) is 0 Å². The van der Waals surface area contributed by atoms with E-state index in [1.54, 1.807) is 12.4 Å². The lowest BCUT2D eigenvalue weighted by molar-refractivity contribution is 0.0971. The number of benzene rings is 2. The summed E-state index contributed by atoms with van der Waals surface area (Å²) >= 11 is 0. The average molecular weight is 382 g/mol. The van der Waals surface area contributed by atoms with Gasteiger partial charge in [0, 0.05) is 43.0 Å². The zero-order valence-electron chi connectivity index (χ0n) is 16.1. The Bertz CT molecular complexity index is 1070. The Morgan fingerprint density at radius 1 is 0.897 bits per heavy atom. The lowest BCUT2D eigenvalue weighted by Crippen LogP contribution is -2.02. The maximum absolute atomic E-state index is 12.4. The number of carbonyl (C=O) groups is 1. The number of pyridine rings is 1. The summed E-state index contributed by atoms with van der Waals surface area (Å²) in [7, 11) is 0. The molecule has 4 heteroatoms. The SMILES string of the molecule is O=C(CCCO)c1cccc(C2=C(c3ccncc3)N=C(c3ccccc3)C2)c1. The van der Waals surface area contributed by atoms with E-state index < -0.39 is 0 Å². The van der Waals surface area contributed by atoms with Gasteiger partial charge in [0.25, 0.3) is 0 Å². The van der Waals surface area contributed by atoms with Crippen molar-refractivity contribution in [1.29, 1.82) is 0 Å². The molecule has 2 heterocycles. The minimum Gasteiger partial charge on any atom is -0.396 e. The predicted molar refractivity (Wildman–Crippen MR) is 116 cm³/mol. The number of nitrogens with zero attached hydrogens (tertiary/aromatic N) is 2. The van der Waals surface area contributed by atoms with Gasteiger partial charge in [-0.25, -0.2) is 0 Å². The first-order chi connectivity index (χ1) is 14.3. The van der Waals surface area contributed by atoms with Gasteiger partial charge >= 0.3 is 0 Å². The molecular formula is C25H22N2O2. The zero-order valence-corrected chi connectivity index (χ0v) is 16.1. The molecule has 1 aliphatic heterocycles. The lowest BCUT2D eigenvalue weighted by Gasteiger charge is -2.09. The van der Waals surface area contributed by atoms with Crippen molar-refractivity contribution in [1.82, 2.24) is 4.98 Å². The van der Waals surface area contributed by atoms with Crippen LogP contribution in [0.4, 0.5) is 0 Å². The van der Waals surface area contributed by atoms with Crippen molar-refractivity contribution in [2.45, 2.75) is 19.3 Å². The summed E-state index contributed by atoms with van der Waals surface area (Å²) in [4.78, 5) is 21.5. The molecule has 0 radical (unpaired) electrons. The Labute approximate surface area is 170 Å². The number of aliphatic hydroxyl groups is 1. The van der Waals surface area contributed by atoms with Crippen molar-refractivity contribution in [3.8, 4) is 0 Å². The molecule has 0 bridgehead atoms. The summed E-state index contributed by atoms with van der Waals surface area (Å²) in [6, 6.07) is 21.8. The molecule has 0 atom stereocenters. The molecule has 1 aliphatic rings. The van der Waals surface area contributed by atoms with Gasteiger partial charge in [-0.1, -0.05) is 48.5 Å². The first-order valence-electron chi connectivity index (χ1n) is 9.77. The van der Waals surface area contributed by atoms with Crippen LogP contribution >= 0.6 is 0 Å². The van der Waals surface area contributed by atoms with Crippen molar-refractivity contribution in [2.24, 2.45) is 4.99 Å². The maximum Gasteiger partial charge on any atom is 0.162 e. The van der Waals surface area contributed by atoms with E-state index in [0.29, 0.717) is 24.8 Å². The van der Waals surface area contributed by atoms with Crippen LogP contribution in [0.1, 0.15) is 46.3 Å². The van der Waals surface area contributed by atoms with Crippen molar-refractivity contribution < 1.29 is 9.90 Å². The first-order valence-corrected chi connectivity index (χ1v) is 9.77. The van der Waals surface area contributed by atoms with Gasteiger partial charge in [0.1, 0.15) is 0 Å². The summed E-state index contributed by atoms with van der Waals surface area (Å²) in [6.07, 6.45) is 5.07. The second kappa shape index (κ2) is 8.76. The van der Waals surface area contributed by atoms with Crippen LogP contribution in [0.15, 0.2) is 84.1 Å². The van der Waals surface area contributed by atoms with E-state index in [4.69, 9.17) is 10.1 Å². The number of aliphatic imine (C=N–C) groups is 1. The highest BCUT2D eigenvalue weighted by atomic mass is 16.3. The molecule has 0 saturated carbocycles. The van der Waals surface area contributed by atoms with Gasteiger partial charge in [-0.3, -0.25) is 14.8 Å². The van der Waals surface area contributed by atoms with Gasteiger partial charge < -0.3 is 5.11 Å². The summed E-state index contributed by atoms with van der Waals surface area (Å²) in [5.41, 5.74) is 6.83. The average Bonchev–Trinajstić information content (AvgIpc) is 3.24. The fourth-order valence-electron chi connectivity index (χ4n) is 3.54. The lowest BCUT2D eigenvalue weighted by atomic mass is 9.94. The smallest absolute Gasteiger partial charge is 0.162 e. The van der Waals surface area contributed by atoms with Crippen LogP contribution in [0.25, 0.3) is 11.3 Å². The van der Waals surface area contributed by atoms with Gasteiger partial charge in [-0.05, 0) is 41.3 Å². The zero-order chi connectivity index (χ0) is 20.1. The fraction of sp³-hybridized carbons (Fsp3) is 0.160. The van der Waals surface area contributed by atoms with Crippen LogP contribution in [0.5, 0.6) is 0 Å². The predicted octanol–water partition coefficient (Wildman–Crippen LogP) is 4.80. The highest BCUT2D eigenvalue weighted by molar-refractivity contribution is 6.17. The number of carbonyl (C=O) groups excluding carboxylic acids is 1. The molecule has 0 fully saturated rings. The summed E-state index contributed by atoms with van der Waals surface area (Å²) in [6.45, 7) is 0.0249. The summed E-state index contributed by atoms with van der Waals surface area (Å²) < 4.78 is 0. The van der Waals surface area contributed by atoms with E-state index in [-0.39, 0.29) is 12.4 Å². The second-order valence-corrected chi connectivity index (χ2v) is 7.00. The third kappa shape index (κ3) is 4.23. The van der Waals surface area contributed by atoms with Gasteiger partial charge in [0.2, 0.25) is 0 Å². The van der Waals surface area contributed by atoms with Gasteiger partial charge in [-0.2, -0.15) is 0 Å². The van der Waals surface area contributed by atoms with Crippen molar-refractivity contribution in [3.63, 3.8) is 0 Å². The second-order valence-electron chi connectivity index (χ2n) is 7.00. The Kier molecular flexibility index (Phi) is 5.73. The number of hydrogen-bond donors (Lipinski definition) is 1. The fourth-order valence-corrected chi connectivity index (χ4v) is 3.54. The molecular weight excluding hydrogens is 360 g/mol. The standard InChI is InChI=1S/C25H22N2O2/c28-15-5-10-24(29)21-9-4-8-20(16-21)22-17-23(18-6-2-1-3-7-18)27-25(22)19-11-13-26-14-12-19/h1-4,6-9,11-14,16,28H,5,10,15,17H2. The summed E-state index contributed by atoms with van der Waals surface area (Å²) in [5, 5.41) is 9.01. The molecule has 0 unspecified atom stereocenters. The number of hydrogen-bond acceptors (Lipinski definition) is 4. The molecule has 4 nitrogen and oxygen atoms in total. The minimum atomic E-state index is 0.0249. The Morgan fingerprint density at radius 2 is 1.66 bits per heavy atom. The van der Waals surface area contributed by atoms with Gasteiger partial charge in [0.15, 0.2) is 5.78 Å². The Balaban J connectivity index is 1.74. The van der Waals surface area contributed by atoms with Gasteiger partial charge in [-0.15, -0.1) is 0 Å². The molecule has 0 amide bonds. The van der Waals surface area contributed by atoms with Crippen LogP contribution in [0.3, 0.4) is 0 Å². The molecule has 2 aromatic carbocycles. The van der Waals surface area contributed by atoms with E-state index in [1.807, 2.05) is 54.6 Å². The molecule has 4 rings (SSSR count). The van der Waals surface area contributed by atoms with Crippen molar-refractivity contribution >= 4 is 22.8 Å². The maximum atomic E-state index is 12.4. The van der Waals surface area contributed by atoms with E-state index in [0.717, 1.165) is 33.7 Å². The van der Waals surface area contributed by atoms with Crippen molar-refractivity contribution in [2.75, 3.05) is 6.61 Å². The monoisotopic (exact) mass is 382 g/mol. The number of allylic oxidation sites excluding steroid dienone is 1. The highest BCUT2D eigenvalue weighted by Gasteiger charge is 2.22. The van der Waals surface area contributed by atoms with Crippen LogP contribution < -0.4 is 0 Å². The molecule has 144 valence electrons. The highest BCUT2D eigenvalue weighted by Crippen LogP contribution is 2.37.